The van der Waals surface area contributed by atoms with Crippen molar-refractivity contribution in [3.63, 3.8) is 0 Å². The number of aryl methyl sites for hydroxylation is 1. The summed E-state index contributed by atoms with van der Waals surface area (Å²) in [4.78, 5) is 30.6. The molecule has 0 fully saturated rings. The molecule has 0 aliphatic rings. The first-order valence-corrected chi connectivity index (χ1v) is 10.4. The molecule has 2 aromatic heterocycles. The summed E-state index contributed by atoms with van der Waals surface area (Å²) < 4.78 is 8.57. The molecule has 2 aromatic carbocycles. The summed E-state index contributed by atoms with van der Waals surface area (Å²) in [5.41, 5.74) is 3.77. The van der Waals surface area contributed by atoms with Gasteiger partial charge in [-0.3, -0.25) is 14.2 Å². The van der Waals surface area contributed by atoms with Crippen LogP contribution in [0.25, 0.3) is 21.9 Å². The molecule has 0 spiro atoms. The summed E-state index contributed by atoms with van der Waals surface area (Å²) in [6.45, 7) is 5.07. The third-order valence-electron chi connectivity index (χ3n) is 5.37. The number of benzene rings is 2. The molecule has 0 unspecified atom stereocenters. The first kappa shape index (κ1) is 20.7. The van der Waals surface area contributed by atoms with Gasteiger partial charge < -0.3 is 14.6 Å². The molecule has 0 aliphatic carbocycles. The topological polar surface area (TPSA) is 78.2 Å². The van der Waals surface area contributed by atoms with E-state index in [4.69, 9.17) is 4.74 Å². The summed E-state index contributed by atoms with van der Waals surface area (Å²) in [6.07, 6.45) is 2.44. The van der Waals surface area contributed by atoms with Crippen molar-refractivity contribution < 1.29 is 9.53 Å². The van der Waals surface area contributed by atoms with Gasteiger partial charge >= 0.3 is 0 Å². The van der Waals surface area contributed by atoms with Gasteiger partial charge in [-0.05, 0) is 43.2 Å². The van der Waals surface area contributed by atoms with Crippen LogP contribution < -0.4 is 15.6 Å². The predicted octanol–water partition coefficient (Wildman–Crippen LogP) is 3.24. The monoisotopic (exact) mass is 418 g/mol. The van der Waals surface area contributed by atoms with Crippen molar-refractivity contribution in [1.82, 2.24) is 19.4 Å². The van der Waals surface area contributed by atoms with Crippen molar-refractivity contribution >= 4 is 27.8 Å². The Morgan fingerprint density at radius 1 is 1.16 bits per heavy atom. The number of amides is 1. The fourth-order valence-electron chi connectivity index (χ4n) is 3.78. The Kier molecular flexibility index (Phi) is 5.75. The molecule has 0 saturated carbocycles. The Labute approximate surface area is 180 Å². The van der Waals surface area contributed by atoms with Gasteiger partial charge in [-0.15, -0.1) is 0 Å². The van der Waals surface area contributed by atoms with E-state index < -0.39 is 0 Å². The predicted molar refractivity (Wildman–Crippen MR) is 122 cm³/mol. The summed E-state index contributed by atoms with van der Waals surface area (Å²) in [6, 6.07) is 13.5. The fraction of sp³-hybridized carbons (Fsp3) is 0.292. The van der Waals surface area contributed by atoms with E-state index in [1.165, 1.54) is 0 Å². The zero-order chi connectivity index (χ0) is 22.0. The molecule has 0 aliphatic heterocycles. The Bertz CT molecular complexity index is 1300. The molecule has 0 atom stereocenters. The van der Waals surface area contributed by atoms with Gasteiger partial charge in [-0.25, -0.2) is 4.98 Å². The van der Waals surface area contributed by atoms with E-state index in [1.807, 2.05) is 56.3 Å². The van der Waals surface area contributed by atoms with Crippen LogP contribution in [0.15, 0.2) is 53.6 Å². The molecule has 2 heterocycles. The van der Waals surface area contributed by atoms with E-state index >= 15 is 0 Å². The number of fused-ring (bicyclic) bond motifs is 3. The van der Waals surface area contributed by atoms with Crippen LogP contribution in [0, 0.1) is 6.92 Å². The smallest absolute Gasteiger partial charge is 0.278 e. The van der Waals surface area contributed by atoms with Crippen LogP contribution in [0.2, 0.25) is 0 Å². The zero-order valence-corrected chi connectivity index (χ0v) is 18.0. The summed E-state index contributed by atoms with van der Waals surface area (Å²) >= 11 is 0. The highest BCUT2D eigenvalue weighted by atomic mass is 16.5. The third kappa shape index (κ3) is 4.03. The number of nitrogens with one attached hydrogen (secondary N) is 1. The first-order chi connectivity index (χ1) is 15.0. The number of rotatable bonds is 7. The molecule has 1 amide bonds. The van der Waals surface area contributed by atoms with E-state index in [9.17, 15) is 9.59 Å². The molecule has 7 heteroatoms. The highest BCUT2D eigenvalue weighted by Crippen LogP contribution is 2.26. The maximum Gasteiger partial charge on any atom is 0.278 e. The summed E-state index contributed by atoms with van der Waals surface area (Å²) in [5, 5.41) is 3.78. The second-order valence-corrected chi connectivity index (χ2v) is 7.68. The molecule has 0 bridgehead atoms. The summed E-state index contributed by atoms with van der Waals surface area (Å²) in [5.74, 6) is 0.643. The van der Waals surface area contributed by atoms with E-state index in [-0.39, 0.29) is 18.0 Å². The van der Waals surface area contributed by atoms with E-state index in [0.717, 1.165) is 34.2 Å². The van der Waals surface area contributed by atoms with Crippen LogP contribution in [-0.4, -0.2) is 33.7 Å². The number of ether oxygens (including phenoxy) is 1. The second kappa shape index (κ2) is 8.63. The molecule has 4 aromatic rings. The van der Waals surface area contributed by atoms with Gasteiger partial charge in [0.05, 0.1) is 25.5 Å². The minimum absolute atomic E-state index is 0.0759. The average molecular weight is 418 g/mol. The lowest BCUT2D eigenvalue weighted by Crippen LogP contribution is -2.30. The molecule has 0 saturated heterocycles. The Morgan fingerprint density at radius 3 is 2.65 bits per heavy atom. The number of nitrogens with zero attached hydrogens (tertiary/aromatic N) is 3. The Balaban J connectivity index is 1.83. The summed E-state index contributed by atoms with van der Waals surface area (Å²) in [7, 11) is 1.62. The molecule has 160 valence electrons. The van der Waals surface area contributed by atoms with Gasteiger partial charge in [0.1, 0.15) is 23.3 Å². The molecular formula is C24H26N4O3. The zero-order valence-electron chi connectivity index (χ0n) is 18.0. The Hall–Kier alpha value is -3.61. The standard InChI is InChI=1S/C24H26N4O3/c1-4-11-25-21(29)14-28-20-10-5-16(2)12-19(20)22-23(28)24(30)27(15-26-22)13-17-6-8-18(31-3)9-7-17/h5-10,12,15H,4,11,13-14H2,1-3H3,(H,25,29). The Morgan fingerprint density at radius 2 is 1.94 bits per heavy atom. The van der Waals surface area contributed by atoms with Crippen molar-refractivity contribution in [1.29, 1.82) is 0 Å². The highest BCUT2D eigenvalue weighted by molar-refractivity contribution is 6.06. The number of aromatic nitrogens is 3. The van der Waals surface area contributed by atoms with Crippen LogP contribution in [0.5, 0.6) is 5.75 Å². The second-order valence-electron chi connectivity index (χ2n) is 7.68. The average Bonchev–Trinajstić information content (AvgIpc) is 3.08. The molecular weight excluding hydrogens is 392 g/mol. The molecule has 7 nitrogen and oxygen atoms in total. The number of methoxy groups -OCH3 is 1. The van der Waals surface area contributed by atoms with Crippen molar-refractivity contribution in [2.24, 2.45) is 0 Å². The van der Waals surface area contributed by atoms with E-state index in [0.29, 0.717) is 24.1 Å². The van der Waals surface area contributed by atoms with Crippen LogP contribution in [0.3, 0.4) is 0 Å². The van der Waals surface area contributed by atoms with Gasteiger partial charge in [-0.1, -0.05) is 30.7 Å². The lowest BCUT2D eigenvalue weighted by atomic mass is 10.1. The van der Waals surface area contributed by atoms with Gasteiger partial charge in [0.2, 0.25) is 5.91 Å². The van der Waals surface area contributed by atoms with Crippen molar-refractivity contribution in [2.45, 2.75) is 33.4 Å². The molecule has 4 rings (SSSR count). The molecule has 1 N–H and O–H groups in total. The minimum Gasteiger partial charge on any atom is -0.497 e. The number of carbonyl (C=O) groups is 1. The van der Waals surface area contributed by atoms with Gasteiger partial charge in [-0.2, -0.15) is 0 Å². The number of carbonyl (C=O) groups excluding carboxylic acids is 1. The highest BCUT2D eigenvalue weighted by Gasteiger charge is 2.18. The quantitative estimate of drug-likeness (QED) is 0.500. The van der Waals surface area contributed by atoms with Gasteiger partial charge in [0.15, 0.2) is 0 Å². The fourth-order valence-corrected chi connectivity index (χ4v) is 3.78. The number of hydrogen-bond acceptors (Lipinski definition) is 4. The lowest BCUT2D eigenvalue weighted by Gasteiger charge is -2.10. The van der Waals surface area contributed by atoms with Crippen LogP contribution in [-0.2, 0) is 17.9 Å². The van der Waals surface area contributed by atoms with Gasteiger partial charge in [0, 0.05) is 11.9 Å². The van der Waals surface area contributed by atoms with Crippen molar-refractivity contribution in [3.05, 3.63) is 70.3 Å². The van der Waals surface area contributed by atoms with Crippen LogP contribution in [0.1, 0.15) is 24.5 Å². The molecule has 0 radical (unpaired) electrons. The largest absolute Gasteiger partial charge is 0.497 e. The van der Waals surface area contributed by atoms with Gasteiger partial charge in [0.25, 0.3) is 5.56 Å². The van der Waals surface area contributed by atoms with E-state index in [2.05, 4.69) is 10.3 Å². The van der Waals surface area contributed by atoms with Crippen molar-refractivity contribution in [2.75, 3.05) is 13.7 Å². The SMILES string of the molecule is CCCNC(=O)Cn1c2ccc(C)cc2c2ncn(Cc3ccc(OC)cc3)c(=O)c21. The lowest BCUT2D eigenvalue weighted by molar-refractivity contribution is -0.121. The van der Waals surface area contributed by atoms with Crippen LogP contribution >= 0.6 is 0 Å². The van der Waals surface area contributed by atoms with Crippen molar-refractivity contribution in [3.8, 4) is 5.75 Å². The normalized spacial score (nSPS) is 11.2. The maximum absolute atomic E-state index is 13.5. The number of hydrogen-bond donors (Lipinski definition) is 1. The minimum atomic E-state index is -0.169. The van der Waals surface area contributed by atoms with E-state index in [1.54, 1.807) is 22.6 Å². The maximum atomic E-state index is 13.5. The third-order valence-corrected chi connectivity index (χ3v) is 5.37. The first-order valence-electron chi connectivity index (χ1n) is 10.4. The molecule has 31 heavy (non-hydrogen) atoms. The van der Waals surface area contributed by atoms with Crippen LogP contribution in [0.4, 0.5) is 0 Å².